The first kappa shape index (κ1) is 28.6. The molecule has 1 saturated heterocycles. The smallest absolute Gasteiger partial charge is 0.465 e. The van der Waals surface area contributed by atoms with Crippen molar-refractivity contribution in [2.45, 2.75) is 44.8 Å². The van der Waals surface area contributed by atoms with Gasteiger partial charge in [0.15, 0.2) is 0 Å². The number of alkyl carbamates (subject to hydrolysis) is 1. The maximum atomic E-state index is 14.3. The summed E-state index contributed by atoms with van der Waals surface area (Å²) in [6.45, 7) is 7.93. The molecular formula is C32H33BFNO6. The number of carbonyl (C=O) groups is 2. The number of nitrogens with one attached hydrogen (secondary N) is 1. The Bertz CT molecular complexity index is 1460. The lowest BCUT2D eigenvalue weighted by Gasteiger charge is -2.32. The van der Waals surface area contributed by atoms with Crippen molar-refractivity contribution < 1.29 is 32.8 Å². The Kier molecular flexibility index (Phi) is 7.77. The van der Waals surface area contributed by atoms with Crippen LogP contribution in [0.3, 0.4) is 0 Å². The number of halogens is 1. The van der Waals surface area contributed by atoms with Crippen LogP contribution in [0.2, 0.25) is 0 Å². The third-order valence-electron chi connectivity index (χ3n) is 8.08. The molecule has 1 amide bonds. The zero-order chi connectivity index (χ0) is 29.4. The number of esters is 1. The van der Waals surface area contributed by atoms with E-state index in [-0.39, 0.29) is 24.6 Å². The van der Waals surface area contributed by atoms with Crippen molar-refractivity contribution in [3.8, 4) is 11.1 Å². The van der Waals surface area contributed by atoms with Crippen molar-refractivity contribution >= 4 is 25.3 Å². The van der Waals surface area contributed by atoms with Gasteiger partial charge >= 0.3 is 19.2 Å². The number of rotatable bonds is 7. The Balaban J connectivity index is 1.33. The molecule has 0 saturated carbocycles. The van der Waals surface area contributed by atoms with E-state index in [1.54, 1.807) is 6.08 Å². The topological polar surface area (TPSA) is 83.1 Å². The van der Waals surface area contributed by atoms with Gasteiger partial charge in [-0.25, -0.2) is 14.0 Å². The van der Waals surface area contributed by atoms with Gasteiger partial charge in [0.2, 0.25) is 0 Å². The molecule has 7 nitrogen and oxygen atoms in total. The molecule has 2 aliphatic rings. The van der Waals surface area contributed by atoms with Gasteiger partial charge in [0.05, 0.1) is 23.9 Å². The normalized spacial score (nSPS) is 17.1. The SMILES string of the molecule is COC(=O)c1cc(C=C(CNC(=O)OCC2c3ccccc3-c3ccccc32)B2OC(C)(C)C(C)(C)O2)ccc1F. The number of carbonyl (C=O) groups excluding carboxylic acids is 2. The molecule has 1 heterocycles. The second-order valence-electron chi connectivity index (χ2n) is 11.2. The van der Waals surface area contributed by atoms with E-state index >= 15 is 0 Å². The highest BCUT2D eigenvalue weighted by atomic mass is 19.1. The van der Waals surface area contributed by atoms with E-state index in [0.29, 0.717) is 11.0 Å². The molecule has 0 unspecified atom stereocenters. The van der Waals surface area contributed by atoms with E-state index in [2.05, 4.69) is 29.6 Å². The van der Waals surface area contributed by atoms with Crippen LogP contribution >= 0.6 is 0 Å². The minimum Gasteiger partial charge on any atom is -0.465 e. The highest BCUT2D eigenvalue weighted by Crippen LogP contribution is 2.44. The Hall–Kier alpha value is -3.95. The summed E-state index contributed by atoms with van der Waals surface area (Å²) in [5.74, 6) is -1.54. The van der Waals surface area contributed by atoms with Crippen LogP contribution in [0.15, 0.2) is 72.2 Å². The standard InChI is InChI=1S/C32H33BFNO6/c1-31(2)32(3,4)41-33(40-31)21(16-20-14-15-28(34)26(17-20)29(36)38-5)18-35-30(37)39-19-27-24-12-8-6-10-22(24)23-11-7-9-13-25(23)27/h6-17,27H,18-19H2,1-5H3,(H,35,37). The van der Waals surface area contributed by atoms with E-state index in [9.17, 15) is 14.0 Å². The number of benzene rings is 3. The highest BCUT2D eigenvalue weighted by molar-refractivity contribution is 6.56. The average molecular weight is 557 g/mol. The molecule has 0 spiro atoms. The number of hydrogen-bond acceptors (Lipinski definition) is 6. The fraction of sp³-hybridized carbons (Fsp3) is 0.312. The number of fused-ring (bicyclic) bond motifs is 3. The van der Waals surface area contributed by atoms with Gasteiger partial charge in [-0.2, -0.15) is 0 Å². The molecule has 212 valence electrons. The van der Waals surface area contributed by atoms with Gasteiger partial charge in [-0.1, -0.05) is 60.7 Å². The molecule has 3 aromatic rings. The van der Waals surface area contributed by atoms with Crippen molar-refractivity contribution in [2.75, 3.05) is 20.3 Å². The molecule has 3 aromatic carbocycles. The van der Waals surface area contributed by atoms with Crippen LogP contribution < -0.4 is 5.32 Å². The summed E-state index contributed by atoms with van der Waals surface area (Å²) < 4.78 is 37.1. The lowest BCUT2D eigenvalue weighted by atomic mass is 9.77. The zero-order valence-corrected chi connectivity index (χ0v) is 23.8. The monoisotopic (exact) mass is 557 g/mol. The van der Waals surface area contributed by atoms with Crippen LogP contribution in [0.5, 0.6) is 0 Å². The summed E-state index contributed by atoms with van der Waals surface area (Å²) in [5, 5.41) is 2.81. The van der Waals surface area contributed by atoms with E-state index < -0.39 is 36.2 Å². The summed E-state index contributed by atoms with van der Waals surface area (Å²) in [6.07, 6.45) is 1.11. The Labute approximate surface area is 239 Å². The number of ether oxygens (including phenoxy) is 2. The lowest BCUT2D eigenvalue weighted by Crippen LogP contribution is -2.41. The average Bonchev–Trinajstić information content (AvgIpc) is 3.39. The van der Waals surface area contributed by atoms with E-state index in [4.69, 9.17) is 18.8 Å². The summed E-state index contributed by atoms with van der Waals surface area (Å²) in [6, 6.07) is 20.4. The molecule has 0 bridgehead atoms. The Morgan fingerprint density at radius 3 is 2.12 bits per heavy atom. The van der Waals surface area contributed by atoms with Crippen molar-refractivity contribution in [1.29, 1.82) is 0 Å². The minimum absolute atomic E-state index is 0.0401. The predicted molar refractivity (Wildman–Crippen MR) is 155 cm³/mol. The van der Waals surface area contributed by atoms with Crippen molar-refractivity contribution in [3.05, 3.63) is 100 Å². The largest absolute Gasteiger partial charge is 0.492 e. The Morgan fingerprint density at radius 1 is 0.951 bits per heavy atom. The van der Waals surface area contributed by atoms with Crippen molar-refractivity contribution in [2.24, 2.45) is 0 Å². The van der Waals surface area contributed by atoms with Gasteiger partial charge in [0, 0.05) is 12.5 Å². The summed E-state index contributed by atoms with van der Waals surface area (Å²) >= 11 is 0. The molecule has 0 radical (unpaired) electrons. The molecule has 0 aromatic heterocycles. The van der Waals surface area contributed by atoms with E-state index in [1.807, 2.05) is 52.0 Å². The Morgan fingerprint density at radius 2 is 1.54 bits per heavy atom. The first-order valence-corrected chi connectivity index (χ1v) is 13.5. The second kappa shape index (κ2) is 11.1. The van der Waals surface area contributed by atoms with Crippen LogP contribution in [0.4, 0.5) is 9.18 Å². The third-order valence-corrected chi connectivity index (χ3v) is 8.08. The van der Waals surface area contributed by atoms with Crippen LogP contribution in [0, 0.1) is 5.82 Å². The van der Waals surface area contributed by atoms with Gasteiger partial charge in [0.25, 0.3) is 0 Å². The number of amides is 1. The molecular weight excluding hydrogens is 524 g/mol. The third kappa shape index (κ3) is 5.65. The summed E-state index contributed by atoms with van der Waals surface area (Å²) in [4.78, 5) is 25.0. The predicted octanol–water partition coefficient (Wildman–Crippen LogP) is 6.17. The maximum absolute atomic E-state index is 14.3. The zero-order valence-electron chi connectivity index (χ0n) is 23.8. The van der Waals surface area contributed by atoms with Crippen LogP contribution in [-0.2, 0) is 18.8 Å². The molecule has 0 atom stereocenters. The number of hydrogen-bond donors (Lipinski definition) is 1. The molecule has 1 fully saturated rings. The molecule has 1 aliphatic heterocycles. The van der Waals surface area contributed by atoms with Gasteiger partial charge in [-0.15, -0.1) is 0 Å². The van der Waals surface area contributed by atoms with E-state index in [1.165, 1.54) is 25.3 Å². The van der Waals surface area contributed by atoms with Crippen LogP contribution in [0.1, 0.15) is 60.7 Å². The first-order chi connectivity index (χ1) is 19.5. The van der Waals surface area contributed by atoms with Gasteiger partial charge in [-0.3, -0.25) is 0 Å². The highest BCUT2D eigenvalue weighted by Gasteiger charge is 2.52. The maximum Gasteiger partial charge on any atom is 0.492 e. The van der Waals surface area contributed by atoms with Crippen molar-refractivity contribution in [1.82, 2.24) is 5.32 Å². The van der Waals surface area contributed by atoms with Gasteiger partial charge < -0.3 is 24.1 Å². The van der Waals surface area contributed by atoms with E-state index in [0.717, 1.165) is 22.3 Å². The fourth-order valence-corrected chi connectivity index (χ4v) is 5.13. The lowest BCUT2D eigenvalue weighted by molar-refractivity contribution is 0.00578. The minimum atomic E-state index is -0.791. The van der Waals surface area contributed by atoms with Gasteiger partial charge in [-0.05, 0) is 73.1 Å². The fourth-order valence-electron chi connectivity index (χ4n) is 5.13. The molecule has 9 heteroatoms. The molecule has 5 rings (SSSR count). The van der Waals surface area contributed by atoms with Crippen LogP contribution in [0.25, 0.3) is 17.2 Å². The van der Waals surface area contributed by atoms with Crippen LogP contribution in [-0.4, -0.2) is 50.6 Å². The first-order valence-electron chi connectivity index (χ1n) is 13.5. The second-order valence-corrected chi connectivity index (χ2v) is 11.2. The quantitative estimate of drug-likeness (QED) is 0.277. The summed E-state index contributed by atoms with van der Waals surface area (Å²) in [5.41, 5.74) is 4.18. The summed E-state index contributed by atoms with van der Waals surface area (Å²) in [7, 11) is 0.402. The van der Waals surface area contributed by atoms with Crippen molar-refractivity contribution in [3.63, 3.8) is 0 Å². The number of methoxy groups -OCH3 is 1. The molecule has 1 N–H and O–H groups in total. The molecule has 1 aliphatic carbocycles. The molecule has 41 heavy (non-hydrogen) atoms. The van der Waals surface area contributed by atoms with Gasteiger partial charge in [0.1, 0.15) is 12.4 Å².